The van der Waals surface area contributed by atoms with Gasteiger partial charge in [0, 0.05) is 6.04 Å². The van der Waals surface area contributed by atoms with Crippen molar-refractivity contribution in [2.75, 3.05) is 7.05 Å². The zero-order chi connectivity index (χ0) is 13.4. The van der Waals surface area contributed by atoms with E-state index in [4.69, 9.17) is 0 Å². The van der Waals surface area contributed by atoms with Gasteiger partial charge in [-0.2, -0.15) is 13.2 Å². The van der Waals surface area contributed by atoms with Crippen LogP contribution in [0.2, 0.25) is 0 Å². The van der Waals surface area contributed by atoms with Crippen LogP contribution < -0.4 is 5.32 Å². The number of alkyl halides is 3. The van der Waals surface area contributed by atoms with Crippen LogP contribution in [0, 0.1) is 5.41 Å². The van der Waals surface area contributed by atoms with E-state index in [0.717, 1.165) is 18.9 Å². The predicted octanol–water partition coefficient (Wildman–Crippen LogP) is 3.64. The van der Waals surface area contributed by atoms with Crippen LogP contribution in [0.4, 0.5) is 13.2 Å². The second-order valence-corrected chi connectivity index (χ2v) is 5.35. The molecule has 2 rings (SSSR count). The molecule has 0 radical (unpaired) electrons. The van der Waals surface area contributed by atoms with Gasteiger partial charge >= 0.3 is 6.18 Å². The summed E-state index contributed by atoms with van der Waals surface area (Å²) < 4.78 is 38.7. The van der Waals surface area contributed by atoms with Crippen molar-refractivity contribution in [1.29, 1.82) is 0 Å². The smallest absolute Gasteiger partial charge is 0.316 e. The second-order valence-electron chi connectivity index (χ2n) is 5.35. The molecule has 1 saturated carbocycles. The van der Waals surface area contributed by atoms with Gasteiger partial charge in [0.1, 0.15) is 0 Å². The highest BCUT2D eigenvalue weighted by Gasteiger charge is 2.44. The molecule has 100 valence electrons. The summed E-state index contributed by atoms with van der Waals surface area (Å²) in [6.07, 6.45) is -1.65. The Balaban J connectivity index is 2.23. The molecule has 1 nitrogen and oxygen atoms in total. The molecular formula is C14H18F3N. The standard InChI is InChI=1S/C14H18F3N/c1-13(7-8-13)12(18-2)9-10-5-3-4-6-11(10)14(15,16)17/h3-6,12,18H,7-9H2,1-2H3. The van der Waals surface area contributed by atoms with Crippen molar-refractivity contribution >= 4 is 0 Å². The van der Waals surface area contributed by atoms with Crippen molar-refractivity contribution in [2.45, 2.75) is 38.4 Å². The minimum Gasteiger partial charge on any atom is -0.316 e. The van der Waals surface area contributed by atoms with Crippen LogP contribution in [0.15, 0.2) is 24.3 Å². The molecule has 0 heterocycles. The van der Waals surface area contributed by atoms with E-state index < -0.39 is 11.7 Å². The average molecular weight is 257 g/mol. The Hall–Kier alpha value is -1.03. The Morgan fingerprint density at radius 1 is 1.28 bits per heavy atom. The lowest BCUT2D eigenvalue weighted by molar-refractivity contribution is -0.138. The first-order valence-electron chi connectivity index (χ1n) is 6.19. The van der Waals surface area contributed by atoms with E-state index in [1.54, 1.807) is 12.1 Å². The highest BCUT2D eigenvalue weighted by atomic mass is 19.4. The summed E-state index contributed by atoms with van der Waals surface area (Å²) in [6, 6.07) is 5.98. The maximum Gasteiger partial charge on any atom is 0.416 e. The van der Waals surface area contributed by atoms with Crippen molar-refractivity contribution in [2.24, 2.45) is 5.41 Å². The van der Waals surface area contributed by atoms with Crippen molar-refractivity contribution in [3.63, 3.8) is 0 Å². The normalized spacial score (nSPS) is 19.6. The molecule has 0 aromatic heterocycles. The number of nitrogens with one attached hydrogen (secondary N) is 1. The van der Waals surface area contributed by atoms with Gasteiger partial charge in [-0.3, -0.25) is 0 Å². The van der Waals surface area contributed by atoms with Crippen molar-refractivity contribution in [3.05, 3.63) is 35.4 Å². The van der Waals surface area contributed by atoms with Gasteiger partial charge < -0.3 is 5.32 Å². The maximum absolute atomic E-state index is 12.9. The number of hydrogen-bond acceptors (Lipinski definition) is 1. The molecule has 1 atom stereocenters. The van der Waals surface area contributed by atoms with Crippen LogP contribution in [-0.2, 0) is 12.6 Å². The van der Waals surface area contributed by atoms with E-state index in [1.807, 2.05) is 7.05 Å². The van der Waals surface area contributed by atoms with Gasteiger partial charge in [-0.1, -0.05) is 25.1 Å². The van der Waals surface area contributed by atoms with Crippen LogP contribution in [0.5, 0.6) is 0 Å². The topological polar surface area (TPSA) is 12.0 Å². The van der Waals surface area contributed by atoms with E-state index in [1.165, 1.54) is 6.07 Å². The van der Waals surface area contributed by atoms with Gasteiger partial charge in [-0.25, -0.2) is 0 Å². The van der Waals surface area contributed by atoms with Crippen LogP contribution in [-0.4, -0.2) is 13.1 Å². The van der Waals surface area contributed by atoms with Crippen molar-refractivity contribution < 1.29 is 13.2 Å². The van der Waals surface area contributed by atoms with E-state index in [-0.39, 0.29) is 11.5 Å². The molecule has 0 bridgehead atoms. The highest BCUT2D eigenvalue weighted by Crippen LogP contribution is 2.49. The van der Waals surface area contributed by atoms with Gasteiger partial charge in [-0.05, 0) is 43.4 Å². The van der Waals surface area contributed by atoms with Gasteiger partial charge in [0.05, 0.1) is 5.56 Å². The molecule has 0 amide bonds. The summed E-state index contributed by atoms with van der Waals surface area (Å²) in [6.45, 7) is 2.13. The Kier molecular flexibility index (Phi) is 3.41. The van der Waals surface area contributed by atoms with E-state index in [0.29, 0.717) is 12.0 Å². The third-order valence-electron chi connectivity index (χ3n) is 3.98. The second kappa shape index (κ2) is 4.57. The molecule has 0 aliphatic heterocycles. The summed E-state index contributed by atoms with van der Waals surface area (Å²) >= 11 is 0. The predicted molar refractivity (Wildman–Crippen MR) is 65.3 cm³/mol. The van der Waals surface area contributed by atoms with Crippen LogP contribution in [0.3, 0.4) is 0 Å². The molecule has 0 saturated heterocycles. The Morgan fingerprint density at radius 2 is 1.89 bits per heavy atom. The first-order chi connectivity index (χ1) is 8.37. The largest absolute Gasteiger partial charge is 0.416 e. The fourth-order valence-electron chi connectivity index (χ4n) is 2.44. The van der Waals surface area contributed by atoms with E-state index in [2.05, 4.69) is 12.2 Å². The lowest BCUT2D eigenvalue weighted by Crippen LogP contribution is -2.36. The number of halogens is 3. The van der Waals surface area contributed by atoms with E-state index >= 15 is 0 Å². The Labute approximate surface area is 105 Å². The third kappa shape index (κ3) is 2.69. The van der Waals surface area contributed by atoms with Crippen LogP contribution >= 0.6 is 0 Å². The van der Waals surface area contributed by atoms with Crippen LogP contribution in [0.25, 0.3) is 0 Å². The minimum atomic E-state index is -4.26. The molecule has 18 heavy (non-hydrogen) atoms. The Morgan fingerprint density at radius 3 is 2.39 bits per heavy atom. The number of benzene rings is 1. The first kappa shape index (κ1) is 13.4. The highest BCUT2D eigenvalue weighted by molar-refractivity contribution is 5.31. The quantitative estimate of drug-likeness (QED) is 0.868. The number of likely N-dealkylation sites (N-methyl/N-ethyl adjacent to an activating group) is 1. The summed E-state index contributed by atoms with van der Waals surface area (Å²) in [5.74, 6) is 0. The van der Waals surface area contributed by atoms with E-state index in [9.17, 15) is 13.2 Å². The molecule has 4 heteroatoms. The summed E-state index contributed by atoms with van der Waals surface area (Å²) in [7, 11) is 1.82. The maximum atomic E-state index is 12.9. The molecule has 1 aromatic carbocycles. The molecule has 0 spiro atoms. The van der Waals surface area contributed by atoms with Gasteiger partial charge in [-0.15, -0.1) is 0 Å². The summed E-state index contributed by atoms with van der Waals surface area (Å²) in [5, 5.41) is 3.16. The zero-order valence-electron chi connectivity index (χ0n) is 10.6. The van der Waals surface area contributed by atoms with Crippen LogP contribution in [0.1, 0.15) is 30.9 Å². The lowest BCUT2D eigenvalue weighted by Gasteiger charge is -2.24. The molecule has 1 aliphatic rings. The summed E-state index contributed by atoms with van der Waals surface area (Å²) in [4.78, 5) is 0. The monoisotopic (exact) mass is 257 g/mol. The van der Waals surface area contributed by atoms with Gasteiger partial charge in [0.15, 0.2) is 0 Å². The lowest BCUT2D eigenvalue weighted by atomic mass is 9.90. The molecule has 1 aromatic rings. The van der Waals surface area contributed by atoms with Crippen molar-refractivity contribution in [3.8, 4) is 0 Å². The SMILES string of the molecule is CNC(Cc1ccccc1C(F)(F)F)C1(C)CC1. The molecule has 1 N–H and O–H groups in total. The zero-order valence-corrected chi connectivity index (χ0v) is 10.6. The molecular weight excluding hydrogens is 239 g/mol. The first-order valence-corrected chi connectivity index (χ1v) is 6.19. The fraction of sp³-hybridized carbons (Fsp3) is 0.571. The third-order valence-corrected chi connectivity index (χ3v) is 3.98. The number of rotatable bonds is 4. The summed E-state index contributed by atoms with van der Waals surface area (Å²) in [5.41, 5.74) is 0.0416. The average Bonchev–Trinajstić information content (AvgIpc) is 3.04. The fourth-order valence-corrected chi connectivity index (χ4v) is 2.44. The minimum absolute atomic E-state index is 0.112. The molecule has 1 aliphatic carbocycles. The van der Waals surface area contributed by atoms with Gasteiger partial charge in [0.2, 0.25) is 0 Å². The van der Waals surface area contributed by atoms with Gasteiger partial charge in [0.25, 0.3) is 0 Å². The van der Waals surface area contributed by atoms with Crippen molar-refractivity contribution in [1.82, 2.24) is 5.32 Å². The molecule has 1 fully saturated rings. The number of hydrogen-bond donors (Lipinski definition) is 1. The molecule has 1 unspecified atom stereocenters. The Bertz CT molecular complexity index is 421.